The predicted octanol–water partition coefficient (Wildman–Crippen LogP) is 2.18. The maximum absolute atomic E-state index is 13.3. The number of amides is 2. The molecule has 7 heteroatoms. The molecule has 5 rings (SSSR count). The summed E-state index contributed by atoms with van der Waals surface area (Å²) in [6.07, 6.45) is 1.68. The van der Waals surface area contributed by atoms with Crippen LogP contribution in [0.25, 0.3) is 0 Å². The number of hydrogen-bond donors (Lipinski definition) is 1. The van der Waals surface area contributed by atoms with Crippen LogP contribution in [0.2, 0.25) is 5.02 Å². The number of benzene rings is 2. The highest BCUT2D eigenvalue weighted by Crippen LogP contribution is 2.50. The standard InChI is InChI=1S/C20H14ClN3O3/c21-12-7-5-10(6-8-12)18(25)17-15-14(19(26)23-20(15)27)16-13-4-2-1-3-11(13)9-22-24(16)17/h1-9,14-17H,(H,23,26,27)/t14-,15+,16?,17-/m0/s1. The fraction of sp³-hybridized carbons (Fsp3) is 0.200. The quantitative estimate of drug-likeness (QED) is 0.640. The molecule has 3 aliphatic heterocycles. The van der Waals surface area contributed by atoms with E-state index in [9.17, 15) is 14.4 Å². The number of Topliss-reactive ketones (excluding diaryl/α,β-unsaturated/α-hetero) is 1. The number of halogens is 1. The monoisotopic (exact) mass is 379 g/mol. The molecule has 27 heavy (non-hydrogen) atoms. The van der Waals surface area contributed by atoms with E-state index in [1.807, 2.05) is 24.3 Å². The number of nitrogens with one attached hydrogen (secondary N) is 1. The highest BCUT2D eigenvalue weighted by atomic mass is 35.5. The summed E-state index contributed by atoms with van der Waals surface area (Å²) in [5.74, 6) is -2.42. The summed E-state index contributed by atoms with van der Waals surface area (Å²) in [5, 5.41) is 9.01. The zero-order valence-corrected chi connectivity index (χ0v) is 14.8. The number of carbonyl (C=O) groups excluding carboxylic acids is 3. The fourth-order valence-electron chi connectivity index (χ4n) is 4.37. The average Bonchev–Trinajstić information content (AvgIpc) is 3.17. The maximum atomic E-state index is 13.3. The number of carbonyl (C=O) groups is 3. The van der Waals surface area contributed by atoms with Crippen LogP contribution in [-0.2, 0) is 9.59 Å². The van der Waals surface area contributed by atoms with E-state index in [2.05, 4.69) is 10.4 Å². The summed E-state index contributed by atoms with van der Waals surface area (Å²) in [6.45, 7) is 0. The summed E-state index contributed by atoms with van der Waals surface area (Å²) >= 11 is 5.92. The molecule has 1 N–H and O–H groups in total. The van der Waals surface area contributed by atoms with E-state index in [4.69, 9.17) is 11.6 Å². The highest BCUT2D eigenvalue weighted by Gasteiger charge is 2.62. The Hall–Kier alpha value is -2.99. The van der Waals surface area contributed by atoms with Crippen LogP contribution in [0, 0.1) is 11.8 Å². The minimum Gasteiger partial charge on any atom is -0.296 e. The molecule has 0 aliphatic carbocycles. The summed E-state index contributed by atoms with van der Waals surface area (Å²) in [6, 6.07) is 12.8. The third-order valence-electron chi connectivity index (χ3n) is 5.53. The molecule has 0 saturated carbocycles. The minimum absolute atomic E-state index is 0.245. The van der Waals surface area contributed by atoms with Gasteiger partial charge in [0, 0.05) is 10.6 Å². The van der Waals surface area contributed by atoms with Crippen molar-refractivity contribution in [2.75, 3.05) is 0 Å². The van der Waals surface area contributed by atoms with Crippen LogP contribution < -0.4 is 5.32 Å². The SMILES string of the molecule is O=C1NC(=O)[C@@H]2C3c4ccccc4C=NN3[C@H](C(=O)c3ccc(Cl)cc3)[C@H]12. The molecule has 3 heterocycles. The third kappa shape index (κ3) is 2.26. The van der Waals surface area contributed by atoms with Crippen LogP contribution in [0.1, 0.15) is 27.5 Å². The lowest BCUT2D eigenvalue weighted by molar-refractivity contribution is -0.127. The van der Waals surface area contributed by atoms with Crippen molar-refractivity contribution in [1.29, 1.82) is 0 Å². The van der Waals surface area contributed by atoms with Gasteiger partial charge < -0.3 is 0 Å². The number of fused-ring (bicyclic) bond motifs is 5. The molecular formula is C20H14ClN3O3. The Bertz CT molecular complexity index is 1020. The van der Waals surface area contributed by atoms with E-state index in [1.54, 1.807) is 35.5 Å². The van der Waals surface area contributed by atoms with Gasteiger partial charge in [0.2, 0.25) is 11.8 Å². The first kappa shape index (κ1) is 16.2. The second-order valence-corrected chi connectivity index (χ2v) is 7.36. The first-order valence-corrected chi connectivity index (χ1v) is 9.00. The molecule has 2 fully saturated rings. The van der Waals surface area contributed by atoms with Crippen molar-refractivity contribution in [3.8, 4) is 0 Å². The average molecular weight is 380 g/mol. The van der Waals surface area contributed by atoms with Gasteiger partial charge in [-0.2, -0.15) is 5.10 Å². The molecule has 2 saturated heterocycles. The number of nitrogens with zero attached hydrogens (tertiary/aromatic N) is 2. The second-order valence-electron chi connectivity index (χ2n) is 6.92. The lowest BCUT2D eigenvalue weighted by atomic mass is 9.83. The Morgan fingerprint density at radius 1 is 1.00 bits per heavy atom. The fourth-order valence-corrected chi connectivity index (χ4v) is 4.50. The van der Waals surface area contributed by atoms with E-state index in [1.165, 1.54) is 0 Å². The number of ketones is 1. The van der Waals surface area contributed by atoms with Crippen molar-refractivity contribution < 1.29 is 14.4 Å². The van der Waals surface area contributed by atoms with Crippen LogP contribution >= 0.6 is 11.6 Å². The number of rotatable bonds is 2. The Morgan fingerprint density at radius 2 is 1.70 bits per heavy atom. The molecule has 6 nitrogen and oxygen atoms in total. The van der Waals surface area contributed by atoms with Crippen LogP contribution in [0.4, 0.5) is 0 Å². The largest absolute Gasteiger partial charge is 0.296 e. The Kier molecular flexibility index (Phi) is 3.45. The first-order valence-electron chi connectivity index (χ1n) is 8.62. The van der Waals surface area contributed by atoms with Crippen LogP contribution in [0.3, 0.4) is 0 Å². The molecule has 4 atom stereocenters. The molecule has 0 bridgehead atoms. The zero-order valence-electron chi connectivity index (χ0n) is 14.0. The molecule has 0 radical (unpaired) electrons. The lowest BCUT2D eigenvalue weighted by Crippen LogP contribution is -2.43. The lowest BCUT2D eigenvalue weighted by Gasteiger charge is -2.32. The summed E-state index contributed by atoms with van der Waals surface area (Å²) in [7, 11) is 0. The van der Waals surface area contributed by atoms with Gasteiger partial charge in [-0.05, 0) is 35.4 Å². The predicted molar refractivity (Wildman–Crippen MR) is 98.3 cm³/mol. The van der Waals surface area contributed by atoms with Crippen molar-refractivity contribution in [2.45, 2.75) is 12.1 Å². The molecule has 2 aromatic rings. The molecule has 0 spiro atoms. The molecule has 2 amide bonds. The molecule has 134 valence electrons. The summed E-state index contributed by atoms with van der Waals surface area (Å²) < 4.78 is 0. The Balaban J connectivity index is 1.64. The normalized spacial score (nSPS) is 27.8. The van der Waals surface area contributed by atoms with Gasteiger partial charge in [-0.25, -0.2) is 0 Å². The summed E-state index contributed by atoms with van der Waals surface area (Å²) in [5.41, 5.74) is 2.23. The maximum Gasteiger partial charge on any atom is 0.233 e. The highest BCUT2D eigenvalue weighted by molar-refractivity contribution is 6.30. The van der Waals surface area contributed by atoms with Crippen LogP contribution in [0.15, 0.2) is 53.6 Å². The number of imide groups is 1. The van der Waals surface area contributed by atoms with E-state index in [0.29, 0.717) is 10.6 Å². The van der Waals surface area contributed by atoms with Gasteiger partial charge in [0.1, 0.15) is 6.04 Å². The summed E-state index contributed by atoms with van der Waals surface area (Å²) in [4.78, 5) is 38.3. The van der Waals surface area contributed by atoms with Gasteiger partial charge in [-0.15, -0.1) is 0 Å². The van der Waals surface area contributed by atoms with Crippen LogP contribution in [-0.4, -0.2) is 34.9 Å². The van der Waals surface area contributed by atoms with Gasteiger partial charge in [-0.3, -0.25) is 24.7 Å². The molecular weight excluding hydrogens is 366 g/mol. The van der Waals surface area contributed by atoms with E-state index < -0.39 is 29.8 Å². The van der Waals surface area contributed by atoms with E-state index in [-0.39, 0.29) is 11.7 Å². The Labute approximate surface area is 159 Å². The topological polar surface area (TPSA) is 78.8 Å². The van der Waals surface area contributed by atoms with Gasteiger partial charge in [0.05, 0.1) is 24.1 Å². The zero-order chi connectivity index (χ0) is 18.7. The molecule has 2 aromatic carbocycles. The van der Waals surface area contributed by atoms with Gasteiger partial charge in [-0.1, -0.05) is 35.9 Å². The van der Waals surface area contributed by atoms with Crippen molar-refractivity contribution >= 4 is 35.4 Å². The molecule has 1 unspecified atom stereocenters. The van der Waals surface area contributed by atoms with E-state index in [0.717, 1.165) is 11.1 Å². The molecule has 3 aliphatic rings. The third-order valence-corrected chi connectivity index (χ3v) is 5.78. The van der Waals surface area contributed by atoms with Crippen molar-refractivity contribution in [1.82, 2.24) is 10.3 Å². The Morgan fingerprint density at radius 3 is 2.48 bits per heavy atom. The number of hydrazone groups is 1. The number of hydrogen-bond acceptors (Lipinski definition) is 5. The van der Waals surface area contributed by atoms with Crippen LogP contribution in [0.5, 0.6) is 0 Å². The van der Waals surface area contributed by atoms with Gasteiger partial charge >= 0.3 is 0 Å². The van der Waals surface area contributed by atoms with Crippen molar-refractivity contribution in [3.05, 3.63) is 70.2 Å². The minimum atomic E-state index is -0.836. The molecule has 0 aromatic heterocycles. The second kappa shape index (κ2) is 5.76. The first-order chi connectivity index (χ1) is 13.1. The van der Waals surface area contributed by atoms with Gasteiger partial charge in [0.25, 0.3) is 0 Å². The van der Waals surface area contributed by atoms with Gasteiger partial charge in [0.15, 0.2) is 5.78 Å². The van der Waals surface area contributed by atoms with E-state index >= 15 is 0 Å². The van der Waals surface area contributed by atoms with Crippen molar-refractivity contribution in [2.24, 2.45) is 16.9 Å². The smallest absolute Gasteiger partial charge is 0.233 e. The van der Waals surface area contributed by atoms with Crippen molar-refractivity contribution in [3.63, 3.8) is 0 Å².